The monoisotopic (exact) mass is 286 g/mol. The highest BCUT2D eigenvalue weighted by atomic mass is 32.1. The third kappa shape index (κ3) is 6.51. The molecule has 19 heavy (non-hydrogen) atoms. The Labute approximate surface area is 124 Å². The van der Waals surface area contributed by atoms with Crippen molar-refractivity contribution in [2.45, 2.75) is 79.1 Å². The van der Waals surface area contributed by atoms with Gasteiger partial charge in [0.1, 0.15) is 0 Å². The van der Waals surface area contributed by atoms with Gasteiger partial charge in [-0.1, -0.05) is 64.6 Å². The minimum absolute atomic E-state index is 0.143. The number of hydrogen-bond donors (Lipinski definition) is 0. The van der Waals surface area contributed by atoms with Crippen LogP contribution in [0.4, 0.5) is 0 Å². The van der Waals surface area contributed by atoms with Crippen LogP contribution in [-0.4, -0.2) is 17.4 Å². The second-order valence-corrected chi connectivity index (χ2v) is 5.84. The van der Waals surface area contributed by atoms with Gasteiger partial charge in [0.05, 0.1) is 12.0 Å². The van der Waals surface area contributed by atoms with Crippen LogP contribution < -0.4 is 0 Å². The Morgan fingerprint density at radius 2 is 1.63 bits per heavy atom. The number of carbonyl (C=O) groups is 1. The molecule has 0 fully saturated rings. The van der Waals surface area contributed by atoms with Crippen molar-refractivity contribution in [3.8, 4) is 0 Å². The SMILES string of the molecule is CCCCCCCCC(C)(C(=O)OCC)C(=S)CC. The molecule has 0 heterocycles. The first-order chi connectivity index (χ1) is 9.02. The van der Waals surface area contributed by atoms with Gasteiger partial charge >= 0.3 is 5.97 Å². The van der Waals surface area contributed by atoms with Crippen molar-refractivity contribution in [2.24, 2.45) is 5.41 Å². The van der Waals surface area contributed by atoms with Crippen molar-refractivity contribution < 1.29 is 9.53 Å². The normalized spacial score (nSPS) is 13.9. The molecular weight excluding hydrogens is 256 g/mol. The maximum atomic E-state index is 12.1. The number of unbranched alkanes of at least 4 members (excludes halogenated alkanes) is 5. The van der Waals surface area contributed by atoms with Gasteiger partial charge in [-0.25, -0.2) is 0 Å². The third-order valence-corrected chi connectivity index (χ3v) is 4.43. The van der Waals surface area contributed by atoms with Crippen LogP contribution >= 0.6 is 12.2 Å². The van der Waals surface area contributed by atoms with Gasteiger partial charge in [0.25, 0.3) is 0 Å². The van der Waals surface area contributed by atoms with Crippen molar-refractivity contribution in [2.75, 3.05) is 6.61 Å². The largest absolute Gasteiger partial charge is 0.465 e. The molecule has 0 aromatic carbocycles. The molecule has 0 aliphatic heterocycles. The van der Waals surface area contributed by atoms with Crippen molar-refractivity contribution in [1.29, 1.82) is 0 Å². The number of rotatable bonds is 11. The average Bonchev–Trinajstić information content (AvgIpc) is 2.41. The standard InChI is InChI=1S/C16H30O2S/c1-5-8-9-10-11-12-13-16(4,14(19)6-2)15(17)18-7-3/h5-13H2,1-4H3. The second kappa shape index (κ2) is 10.4. The number of carbonyl (C=O) groups excluding carboxylic acids is 1. The van der Waals surface area contributed by atoms with E-state index < -0.39 is 5.41 Å². The zero-order chi connectivity index (χ0) is 14.7. The molecular formula is C16H30O2S. The summed E-state index contributed by atoms with van der Waals surface area (Å²) in [6, 6.07) is 0. The molecule has 0 aromatic heterocycles. The summed E-state index contributed by atoms with van der Waals surface area (Å²) in [7, 11) is 0. The lowest BCUT2D eigenvalue weighted by atomic mass is 9.80. The highest BCUT2D eigenvalue weighted by molar-refractivity contribution is 7.80. The molecule has 0 spiro atoms. The quantitative estimate of drug-likeness (QED) is 0.301. The van der Waals surface area contributed by atoms with E-state index in [1.165, 1.54) is 32.1 Å². The van der Waals surface area contributed by atoms with Gasteiger partial charge in [0, 0.05) is 4.86 Å². The van der Waals surface area contributed by atoms with Crippen LogP contribution in [0.2, 0.25) is 0 Å². The maximum Gasteiger partial charge on any atom is 0.316 e. The molecule has 0 bridgehead atoms. The lowest BCUT2D eigenvalue weighted by molar-refractivity contribution is -0.150. The van der Waals surface area contributed by atoms with E-state index in [4.69, 9.17) is 17.0 Å². The van der Waals surface area contributed by atoms with Crippen molar-refractivity contribution in [3.63, 3.8) is 0 Å². The Hall–Kier alpha value is -0.440. The maximum absolute atomic E-state index is 12.1. The molecule has 0 rings (SSSR count). The zero-order valence-corrected chi connectivity index (χ0v) is 13.9. The Bertz CT molecular complexity index is 276. The number of ether oxygens (including phenoxy) is 1. The first-order valence-corrected chi connectivity index (χ1v) is 8.14. The van der Waals surface area contributed by atoms with E-state index in [9.17, 15) is 4.79 Å². The molecule has 1 unspecified atom stereocenters. The minimum atomic E-state index is -0.565. The average molecular weight is 286 g/mol. The summed E-state index contributed by atoms with van der Waals surface area (Å²) in [4.78, 5) is 13.0. The molecule has 3 heteroatoms. The Morgan fingerprint density at radius 3 is 2.16 bits per heavy atom. The van der Waals surface area contributed by atoms with Crippen LogP contribution in [0.5, 0.6) is 0 Å². The molecule has 0 saturated heterocycles. The van der Waals surface area contributed by atoms with Crippen LogP contribution in [0.3, 0.4) is 0 Å². The minimum Gasteiger partial charge on any atom is -0.465 e. The van der Waals surface area contributed by atoms with E-state index in [0.717, 1.165) is 24.1 Å². The smallest absolute Gasteiger partial charge is 0.316 e. The Balaban J connectivity index is 4.28. The molecule has 112 valence electrons. The second-order valence-electron chi connectivity index (χ2n) is 5.35. The summed E-state index contributed by atoms with van der Waals surface area (Å²) >= 11 is 5.40. The van der Waals surface area contributed by atoms with E-state index in [2.05, 4.69) is 6.92 Å². The molecule has 2 nitrogen and oxygen atoms in total. The van der Waals surface area contributed by atoms with Gasteiger partial charge in [0.15, 0.2) is 0 Å². The van der Waals surface area contributed by atoms with Crippen molar-refractivity contribution in [1.82, 2.24) is 0 Å². The van der Waals surface area contributed by atoms with Gasteiger partial charge in [-0.05, 0) is 26.7 Å². The molecule has 0 saturated carbocycles. The van der Waals surface area contributed by atoms with E-state index in [-0.39, 0.29) is 5.97 Å². The van der Waals surface area contributed by atoms with Crippen LogP contribution in [-0.2, 0) is 9.53 Å². The summed E-state index contributed by atoms with van der Waals surface area (Å²) in [5, 5.41) is 0. The third-order valence-electron chi connectivity index (χ3n) is 3.69. The topological polar surface area (TPSA) is 26.3 Å². The lowest BCUT2D eigenvalue weighted by Crippen LogP contribution is -2.36. The first kappa shape index (κ1) is 18.6. The van der Waals surface area contributed by atoms with E-state index in [1.54, 1.807) is 0 Å². The molecule has 0 N–H and O–H groups in total. The first-order valence-electron chi connectivity index (χ1n) is 7.73. The molecule has 0 amide bonds. The van der Waals surface area contributed by atoms with Gasteiger partial charge in [-0.2, -0.15) is 0 Å². The number of thiocarbonyl (C=S) groups is 1. The summed E-state index contributed by atoms with van der Waals surface area (Å²) in [5.41, 5.74) is -0.565. The molecule has 0 radical (unpaired) electrons. The van der Waals surface area contributed by atoms with Crippen LogP contribution in [0, 0.1) is 5.41 Å². The predicted octanol–water partition coefficient (Wildman–Crippen LogP) is 5.09. The predicted molar refractivity (Wildman–Crippen MR) is 85.6 cm³/mol. The summed E-state index contributed by atoms with van der Waals surface area (Å²) in [6.07, 6.45) is 8.95. The van der Waals surface area contributed by atoms with Gasteiger partial charge in [-0.15, -0.1) is 0 Å². The van der Waals surface area contributed by atoms with Gasteiger partial charge in [0.2, 0.25) is 0 Å². The number of esters is 1. The fourth-order valence-corrected chi connectivity index (χ4v) is 2.48. The van der Waals surface area contributed by atoms with E-state index in [1.807, 2.05) is 20.8 Å². The lowest BCUT2D eigenvalue weighted by Gasteiger charge is -2.27. The summed E-state index contributed by atoms with van der Waals surface area (Å²) in [5.74, 6) is -0.143. The number of hydrogen-bond acceptors (Lipinski definition) is 3. The zero-order valence-electron chi connectivity index (χ0n) is 13.1. The Morgan fingerprint density at radius 1 is 1.05 bits per heavy atom. The molecule has 0 aliphatic rings. The molecule has 0 aliphatic carbocycles. The molecule has 1 atom stereocenters. The molecule has 0 aromatic rings. The Kier molecular flexibility index (Phi) is 10.1. The van der Waals surface area contributed by atoms with Crippen molar-refractivity contribution in [3.05, 3.63) is 0 Å². The van der Waals surface area contributed by atoms with Gasteiger partial charge < -0.3 is 4.74 Å². The summed E-state index contributed by atoms with van der Waals surface area (Å²) in [6.45, 7) is 8.46. The summed E-state index contributed by atoms with van der Waals surface area (Å²) < 4.78 is 5.20. The highest BCUT2D eigenvalue weighted by Crippen LogP contribution is 2.30. The van der Waals surface area contributed by atoms with Crippen LogP contribution in [0.1, 0.15) is 79.1 Å². The van der Waals surface area contributed by atoms with Crippen molar-refractivity contribution >= 4 is 23.1 Å². The fraction of sp³-hybridized carbons (Fsp3) is 0.875. The van der Waals surface area contributed by atoms with Crippen LogP contribution in [0.15, 0.2) is 0 Å². The van der Waals surface area contributed by atoms with E-state index in [0.29, 0.717) is 6.61 Å². The van der Waals surface area contributed by atoms with Gasteiger partial charge in [-0.3, -0.25) is 4.79 Å². The fourth-order valence-electron chi connectivity index (χ4n) is 2.29. The van der Waals surface area contributed by atoms with E-state index >= 15 is 0 Å². The highest BCUT2D eigenvalue weighted by Gasteiger charge is 2.37. The van der Waals surface area contributed by atoms with Crippen LogP contribution in [0.25, 0.3) is 0 Å².